The largest absolute Gasteiger partial charge is 0.496 e. The number of methoxy groups -OCH3 is 2. The second-order valence-corrected chi connectivity index (χ2v) is 5.34. The van der Waals surface area contributed by atoms with Crippen LogP contribution in [0.15, 0.2) is 18.2 Å². The number of nitrogens with zero attached hydrogens (tertiary/aromatic N) is 1. The molecule has 0 amide bonds. The van der Waals surface area contributed by atoms with E-state index in [-0.39, 0.29) is 17.0 Å². The average Bonchev–Trinajstić information content (AvgIpc) is 2.36. The predicted octanol–water partition coefficient (Wildman–Crippen LogP) is 2.43. The fourth-order valence-electron chi connectivity index (χ4n) is 1.07. The van der Waals surface area contributed by atoms with E-state index in [9.17, 15) is 14.9 Å². The maximum Gasteiger partial charge on any atom is 0.341 e. The maximum atomic E-state index is 11.2. The van der Waals surface area contributed by atoms with Crippen LogP contribution in [0.1, 0.15) is 10.4 Å². The number of ether oxygens (including phenoxy) is 2. The van der Waals surface area contributed by atoms with Gasteiger partial charge in [-0.05, 0) is 6.07 Å². The van der Waals surface area contributed by atoms with Crippen LogP contribution in [-0.4, -0.2) is 29.3 Å². The minimum Gasteiger partial charge on any atom is -0.496 e. The van der Waals surface area contributed by atoms with Crippen molar-refractivity contribution in [2.75, 3.05) is 14.2 Å². The standard InChI is InChI=1S/C9H9NO5.Cl2OS/c1-14-8-5-6(10(12)13)3-4-7(8)9(11)15-2;1-4(2)3/h3-5H,1-2H3;. The van der Waals surface area contributed by atoms with Crippen molar-refractivity contribution < 1.29 is 23.4 Å². The van der Waals surface area contributed by atoms with Gasteiger partial charge in [0.25, 0.3) is 5.69 Å². The van der Waals surface area contributed by atoms with E-state index in [0.717, 1.165) is 0 Å². The van der Waals surface area contributed by atoms with Gasteiger partial charge in [-0.2, -0.15) is 0 Å². The molecule has 7 nitrogen and oxygen atoms in total. The molecule has 0 aromatic heterocycles. The summed E-state index contributed by atoms with van der Waals surface area (Å²) in [5.74, 6) is -0.474. The number of carbonyl (C=O) groups excluding carboxylic acids is 1. The van der Waals surface area contributed by atoms with Gasteiger partial charge in [0, 0.05) is 27.4 Å². The summed E-state index contributed by atoms with van der Waals surface area (Å²) in [5, 5.41) is 10.5. The lowest BCUT2D eigenvalue weighted by molar-refractivity contribution is -0.384. The van der Waals surface area contributed by atoms with Crippen LogP contribution >= 0.6 is 21.4 Å². The van der Waals surface area contributed by atoms with Gasteiger partial charge < -0.3 is 9.47 Å². The predicted molar refractivity (Wildman–Crippen MR) is 70.8 cm³/mol. The highest BCUT2D eigenvalue weighted by Gasteiger charge is 2.16. The summed E-state index contributed by atoms with van der Waals surface area (Å²) >= 11 is 0. The number of nitro benzene ring substituents is 1. The fourth-order valence-corrected chi connectivity index (χ4v) is 1.07. The van der Waals surface area contributed by atoms with Crippen LogP contribution in [0.3, 0.4) is 0 Å². The Balaban J connectivity index is 0.000000711. The molecular formula is C9H9Cl2NO6S. The summed E-state index contributed by atoms with van der Waals surface area (Å²) in [6, 6.07) is 3.68. The van der Waals surface area contributed by atoms with Gasteiger partial charge in [-0.15, -0.1) is 0 Å². The molecule has 0 atom stereocenters. The lowest BCUT2D eigenvalue weighted by Crippen LogP contribution is -2.04. The number of non-ortho nitro benzene ring substituents is 1. The lowest BCUT2D eigenvalue weighted by Gasteiger charge is -2.05. The van der Waals surface area contributed by atoms with Crippen molar-refractivity contribution in [2.24, 2.45) is 0 Å². The molecule has 0 aliphatic carbocycles. The van der Waals surface area contributed by atoms with E-state index in [1.54, 1.807) is 0 Å². The Morgan fingerprint density at radius 1 is 1.37 bits per heavy atom. The molecule has 10 heteroatoms. The van der Waals surface area contributed by atoms with E-state index < -0.39 is 20.1 Å². The topological polar surface area (TPSA) is 95.7 Å². The quantitative estimate of drug-likeness (QED) is 0.365. The van der Waals surface area contributed by atoms with E-state index in [4.69, 9.17) is 8.95 Å². The Hall–Kier alpha value is -1.38. The molecule has 0 N–H and O–H groups in total. The lowest BCUT2D eigenvalue weighted by atomic mass is 10.2. The van der Waals surface area contributed by atoms with E-state index in [2.05, 4.69) is 26.1 Å². The van der Waals surface area contributed by atoms with Crippen LogP contribution in [0, 0.1) is 10.1 Å². The smallest absolute Gasteiger partial charge is 0.341 e. The molecule has 19 heavy (non-hydrogen) atoms. The minimum absolute atomic E-state index is 0.121. The van der Waals surface area contributed by atoms with Crippen LogP contribution in [0.25, 0.3) is 0 Å². The SMILES string of the molecule is COC(=O)c1ccc([N+](=O)[O-])cc1OC.O=S(Cl)Cl. The van der Waals surface area contributed by atoms with Crippen molar-refractivity contribution in [2.45, 2.75) is 0 Å². The monoisotopic (exact) mass is 329 g/mol. The van der Waals surface area contributed by atoms with Crippen molar-refractivity contribution in [3.05, 3.63) is 33.9 Å². The third kappa shape index (κ3) is 6.37. The van der Waals surface area contributed by atoms with Crippen molar-refractivity contribution in [3.63, 3.8) is 0 Å². The fraction of sp³-hybridized carbons (Fsp3) is 0.222. The molecule has 0 saturated carbocycles. The van der Waals surface area contributed by atoms with Gasteiger partial charge in [0.2, 0.25) is 9.23 Å². The van der Waals surface area contributed by atoms with Gasteiger partial charge in [-0.1, -0.05) is 0 Å². The Kier molecular flexibility index (Phi) is 8.05. The summed E-state index contributed by atoms with van der Waals surface area (Å²) in [6.07, 6.45) is 0. The van der Waals surface area contributed by atoms with E-state index in [0.29, 0.717) is 0 Å². The number of benzene rings is 1. The summed E-state index contributed by atoms with van der Waals surface area (Å²) < 4.78 is 18.4. The number of rotatable bonds is 3. The molecule has 0 heterocycles. The normalized spacial score (nSPS) is 9.32. The van der Waals surface area contributed by atoms with Crippen LogP contribution in [-0.2, 0) is 14.0 Å². The molecule has 0 aliphatic heterocycles. The van der Waals surface area contributed by atoms with Crippen LogP contribution in [0.4, 0.5) is 5.69 Å². The second-order valence-electron chi connectivity index (χ2n) is 2.82. The Morgan fingerprint density at radius 3 is 2.26 bits per heavy atom. The molecule has 0 spiro atoms. The molecule has 1 aromatic carbocycles. The third-order valence-corrected chi connectivity index (χ3v) is 1.80. The van der Waals surface area contributed by atoms with Gasteiger partial charge in [-0.3, -0.25) is 10.1 Å². The number of hydrogen-bond acceptors (Lipinski definition) is 6. The third-order valence-electron chi connectivity index (χ3n) is 1.80. The van der Waals surface area contributed by atoms with Crippen molar-refractivity contribution >= 4 is 42.2 Å². The first-order valence-electron chi connectivity index (χ1n) is 4.48. The highest BCUT2D eigenvalue weighted by Crippen LogP contribution is 2.24. The average molecular weight is 330 g/mol. The molecule has 0 unspecified atom stereocenters. The van der Waals surface area contributed by atoms with Gasteiger partial charge in [0.1, 0.15) is 11.3 Å². The van der Waals surface area contributed by atoms with Gasteiger partial charge in [-0.25, -0.2) is 9.00 Å². The number of halogens is 2. The minimum atomic E-state index is -1.67. The van der Waals surface area contributed by atoms with Crippen molar-refractivity contribution in [1.82, 2.24) is 0 Å². The molecule has 0 radical (unpaired) electrons. The Morgan fingerprint density at radius 2 is 1.89 bits per heavy atom. The zero-order chi connectivity index (χ0) is 15.0. The van der Waals surface area contributed by atoms with Gasteiger partial charge in [0.15, 0.2) is 0 Å². The Labute approximate surface area is 120 Å². The molecule has 1 aromatic rings. The zero-order valence-electron chi connectivity index (χ0n) is 9.79. The van der Waals surface area contributed by atoms with Crippen LogP contribution < -0.4 is 4.74 Å². The summed E-state index contributed by atoms with van der Waals surface area (Å²) in [4.78, 5) is 21.1. The summed E-state index contributed by atoms with van der Waals surface area (Å²) in [5.41, 5.74) is 0.0186. The van der Waals surface area contributed by atoms with Crippen molar-refractivity contribution in [1.29, 1.82) is 0 Å². The Bertz CT molecular complexity index is 492. The van der Waals surface area contributed by atoms with E-state index in [1.165, 1.54) is 32.4 Å². The first-order chi connectivity index (χ1) is 8.83. The molecule has 0 bridgehead atoms. The number of hydrogen-bond donors (Lipinski definition) is 0. The molecule has 106 valence electrons. The van der Waals surface area contributed by atoms with Crippen molar-refractivity contribution in [3.8, 4) is 5.75 Å². The summed E-state index contributed by atoms with van der Waals surface area (Å²) in [7, 11) is 9.91. The number of nitro groups is 1. The molecular weight excluding hydrogens is 321 g/mol. The molecule has 0 fully saturated rings. The molecule has 0 aliphatic rings. The zero-order valence-corrected chi connectivity index (χ0v) is 12.1. The van der Waals surface area contributed by atoms with E-state index in [1.807, 2.05) is 0 Å². The highest BCUT2D eigenvalue weighted by atomic mass is 36.0. The highest BCUT2D eigenvalue weighted by molar-refractivity contribution is 8.26. The van der Waals surface area contributed by atoms with Gasteiger partial charge in [0.05, 0.1) is 25.2 Å². The van der Waals surface area contributed by atoms with Crippen LogP contribution in [0.5, 0.6) is 5.75 Å². The molecule has 0 saturated heterocycles. The molecule has 1 rings (SSSR count). The van der Waals surface area contributed by atoms with Gasteiger partial charge >= 0.3 is 5.97 Å². The second kappa shape index (κ2) is 8.68. The number of carbonyl (C=O) groups is 1. The summed E-state index contributed by atoms with van der Waals surface area (Å²) in [6.45, 7) is 0. The first-order valence-corrected chi connectivity index (χ1v) is 7.28. The maximum absolute atomic E-state index is 11.2. The first kappa shape index (κ1) is 17.6. The van der Waals surface area contributed by atoms with Crippen LogP contribution in [0.2, 0.25) is 0 Å². The van der Waals surface area contributed by atoms with E-state index >= 15 is 0 Å². The number of esters is 1.